The van der Waals surface area contributed by atoms with Gasteiger partial charge in [-0.2, -0.15) is 0 Å². The van der Waals surface area contributed by atoms with Crippen LogP contribution >= 0.6 is 0 Å². The average molecular weight is 245 g/mol. The second-order valence-electron chi connectivity index (χ2n) is 4.81. The zero-order chi connectivity index (χ0) is 11.8. The van der Waals surface area contributed by atoms with Gasteiger partial charge in [0.25, 0.3) is 0 Å². The van der Waals surface area contributed by atoms with E-state index in [1.165, 1.54) is 0 Å². The summed E-state index contributed by atoms with van der Waals surface area (Å²) in [6.07, 6.45) is 3.72. The number of carbonyl (C=O) groups excluding carboxylic acids is 1. The van der Waals surface area contributed by atoms with E-state index in [-0.39, 0.29) is 29.4 Å². The first kappa shape index (κ1) is 11.9. The molecular weight excluding hydrogens is 226 g/mol. The summed E-state index contributed by atoms with van der Waals surface area (Å²) in [5.74, 6) is 0.755. The third kappa shape index (κ3) is 2.24. The fourth-order valence-electron chi connectivity index (χ4n) is 2.50. The summed E-state index contributed by atoms with van der Waals surface area (Å²) in [5, 5.41) is 0. The van der Waals surface area contributed by atoms with Crippen molar-refractivity contribution in [3.63, 3.8) is 0 Å². The Labute approximate surface area is 96.9 Å². The Morgan fingerprint density at radius 3 is 2.38 bits per heavy atom. The first-order valence-corrected chi connectivity index (χ1v) is 7.86. The maximum atomic E-state index is 12.1. The highest BCUT2D eigenvalue weighted by molar-refractivity contribution is 7.91. The second kappa shape index (κ2) is 4.35. The van der Waals surface area contributed by atoms with E-state index in [0.717, 1.165) is 19.3 Å². The Balaban J connectivity index is 2.02. The summed E-state index contributed by atoms with van der Waals surface area (Å²) < 4.78 is 22.8. The Hall–Kier alpha value is -0.580. The van der Waals surface area contributed by atoms with Crippen LogP contribution in [0.4, 0.5) is 0 Å². The van der Waals surface area contributed by atoms with Crippen molar-refractivity contribution in [3.8, 4) is 0 Å². The molecule has 0 aromatic rings. The number of hydrogen-bond donors (Lipinski definition) is 0. The third-order valence-corrected chi connectivity index (χ3v) is 5.48. The minimum atomic E-state index is -2.89. The van der Waals surface area contributed by atoms with E-state index in [0.29, 0.717) is 13.0 Å². The zero-order valence-electron chi connectivity index (χ0n) is 9.68. The zero-order valence-corrected chi connectivity index (χ0v) is 10.5. The van der Waals surface area contributed by atoms with Crippen LogP contribution in [0.5, 0.6) is 0 Å². The van der Waals surface area contributed by atoms with Gasteiger partial charge in [-0.25, -0.2) is 8.42 Å². The number of sulfone groups is 1. The molecule has 1 unspecified atom stereocenters. The van der Waals surface area contributed by atoms with E-state index in [2.05, 4.69) is 0 Å². The van der Waals surface area contributed by atoms with Crippen LogP contribution in [0, 0.1) is 5.92 Å². The van der Waals surface area contributed by atoms with Crippen LogP contribution in [0.15, 0.2) is 0 Å². The topological polar surface area (TPSA) is 54.5 Å². The van der Waals surface area contributed by atoms with E-state index >= 15 is 0 Å². The fraction of sp³-hybridized carbons (Fsp3) is 0.909. The van der Waals surface area contributed by atoms with Crippen LogP contribution in [0.1, 0.15) is 32.6 Å². The summed E-state index contributed by atoms with van der Waals surface area (Å²) in [4.78, 5) is 13.9. The molecule has 0 N–H and O–H groups in total. The van der Waals surface area contributed by atoms with Crippen LogP contribution in [0.3, 0.4) is 0 Å². The van der Waals surface area contributed by atoms with Gasteiger partial charge in [0.15, 0.2) is 9.84 Å². The molecule has 0 aromatic heterocycles. The highest BCUT2D eigenvalue weighted by Gasteiger charge is 2.37. The molecule has 1 aliphatic heterocycles. The van der Waals surface area contributed by atoms with Crippen molar-refractivity contribution in [1.82, 2.24) is 4.90 Å². The van der Waals surface area contributed by atoms with Gasteiger partial charge in [0.1, 0.15) is 0 Å². The summed E-state index contributed by atoms with van der Waals surface area (Å²) in [6, 6.07) is -0.0666. The molecule has 1 aliphatic carbocycles. The molecule has 0 aromatic carbocycles. The lowest BCUT2D eigenvalue weighted by atomic mass is 9.84. The van der Waals surface area contributed by atoms with Gasteiger partial charge in [-0.15, -0.1) is 0 Å². The molecule has 0 radical (unpaired) electrons. The molecule has 2 rings (SSSR count). The minimum Gasteiger partial charge on any atom is -0.339 e. The minimum absolute atomic E-state index is 0.0666. The molecule has 92 valence electrons. The van der Waals surface area contributed by atoms with Gasteiger partial charge in [0.2, 0.25) is 5.91 Å². The summed E-state index contributed by atoms with van der Waals surface area (Å²) in [6.45, 7) is 2.57. The van der Waals surface area contributed by atoms with Crippen molar-refractivity contribution in [3.05, 3.63) is 0 Å². The fourth-order valence-corrected chi connectivity index (χ4v) is 4.24. The van der Waals surface area contributed by atoms with Crippen molar-refractivity contribution in [2.45, 2.75) is 38.6 Å². The monoisotopic (exact) mass is 245 g/mol. The van der Waals surface area contributed by atoms with Gasteiger partial charge in [0, 0.05) is 18.5 Å². The number of amides is 1. The van der Waals surface area contributed by atoms with Crippen molar-refractivity contribution < 1.29 is 13.2 Å². The van der Waals surface area contributed by atoms with Crippen molar-refractivity contribution in [2.75, 3.05) is 18.1 Å². The molecule has 0 spiro atoms. The Morgan fingerprint density at radius 1 is 1.31 bits per heavy atom. The van der Waals surface area contributed by atoms with Gasteiger partial charge in [-0.1, -0.05) is 6.42 Å². The normalized spacial score (nSPS) is 28.7. The van der Waals surface area contributed by atoms with E-state index in [9.17, 15) is 13.2 Å². The highest BCUT2D eigenvalue weighted by Crippen LogP contribution is 2.30. The van der Waals surface area contributed by atoms with Gasteiger partial charge in [-0.05, 0) is 26.2 Å². The highest BCUT2D eigenvalue weighted by atomic mass is 32.2. The standard InChI is InChI=1S/C11H19NO3S/c1-2-12(11(13)9-4-3-5-9)10-6-7-16(14,15)8-10/h9-10H,2-8H2,1H3. The van der Waals surface area contributed by atoms with Gasteiger partial charge < -0.3 is 4.90 Å². The predicted octanol–water partition coefficient (Wildman–Crippen LogP) is 0.822. The van der Waals surface area contributed by atoms with Crippen LogP contribution in [-0.2, 0) is 14.6 Å². The molecule has 2 fully saturated rings. The molecule has 1 atom stereocenters. The molecule has 16 heavy (non-hydrogen) atoms. The summed E-state index contributed by atoms with van der Waals surface area (Å²) in [5.41, 5.74) is 0. The largest absolute Gasteiger partial charge is 0.339 e. The Bertz CT molecular complexity index is 373. The maximum Gasteiger partial charge on any atom is 0.225 e. The molecule has 5 heteroatoms. The van der Waals surface area contributed by atoms with Crippen LogP contribution < -0.4 is 0 Å². The lowest BCUT2D eigenvalue weighted by molar-refractivity contribution is -0.139. The third-order valence-electron chi connectivity index (χ3n) is 3.73. The van der Waals surface area contributed by atoms with Crippen molar-refractivity contribution in [1.29, 1.82) is 0 Å². The molecule has 1 saturated carbocycles. The molecule has 2 aliphatic rings. The first-order chi connectivity index (χ1) is 7.53. The van der Waals surface area contributed by atoms with Crippen molar-refractivity contribution in [2.24, 2.45) is 5.92 Å². The van der Waals surface area contributed by atoms with Crippen LogP contribution in [0.2, 0.25) is 0 Å². The number of hydrogen-bond acceptors (Lipinski definition) is 3. The quantitative estimate of drug-likeness (QED) is 0.740. The lowest BCUT2D eigenvalue weighted by Gasteiger charge is -2.34. The lowest BCUT2D eigenvalue weighted by Crippen LogP contribution is -2.45. The average Bonchev–Trinajstić information content (AvgIpc) is 2.44. The number of nitrogens with zero attached hydrogens (tertiary/aromatic N) is 1. The van der Waals surface area contributed by atoms with Gasteiger partial charge >= 0.3 is 0 Å². The predicted molar refractivity (Wildman–Crippen MR) is 61.8 cm³/mol. The molecule has 4 nitrogen and oxygen atoms in total. The second-order valence-corrected chi connectivity index (χ2v) is 7.04. The number of carbonyl (C=O) groups is 1. The van der Waals surface area contributed by atoms with E-state index in [1.807, 2.05) is 6.92 Å². The molecule has 1 amide bonds. The van der Waals surface area contributed by atoms with E-state index in [4.69, 9.17) is 0 Å². The van der Waals surface area contributed by atoms with Crippen LogP contribution in [-0.4, -0.2) is 43.3 Å². The first-order valence-electron chi connectivity index (χ1n) is 6.04. The van der Waals surface area contributed by atoms with Crippen molar-refractivity contribution >= 4 is 15.7 Å². The van der Waals surface area contributed by atoms with Gasteiger partial charge in [0.05, 0.1) is 11.5 Å². The molecule has 0 bridgehead atoms. The van der Waals surface area contributed by atoms with E-state index in [1.54, 1.807) is 4.90 Å². The maximum absolute atomic E-state index is 12.1. The van der Waals surface area contributed by atoms with E-state index < -0.39 is 9.84 Å². The molecular formula is C11H19NO3S. The van der Waals surface area contributed by atoms with Gasteiger partial charge in [-0.3, -0.25) is 4.79 Å². The van der Waals surface area contributed by atoms with Crippen LogP contribution in [0.25, 0.3) is 0 Å². The summed E-state index contributed by atoms with van der Waals surface area (Å²) >= 11 is 0. The smallest absolute Gasteiger partial charge is 0.225 e. The Morgan fingerprint density at radius 2 is 2.00 bits per heavy atom. The SMILES string of the molecule is CCN(C(=O)C1CCC1)C1CCS(=O)(=O)C1. The Kier molecular flexibility index (Phi) is 3.24. The molecule has 1 saturated heterocycles. The molecule has 1 heterocycles. The summed E-state index contributed by atoms with van der Waals surface area (Å²) in [7, 11) is -2.89. The number of rotatable bonds is 3.